The van der Waals surface area contributed by atoms with Crippen LogP contribution in [0.5, 0.6) is 0 Å². The molecule has 0 aliphatic rings. The van der Waals surface area contributed by atoms with Gasteiger partial charge in [-0.1, -0.05) is 6.08 Å². The van der Waals surface area contributed by atoms with Crippen LogP contribution in [-0.2, 0) is 4.79 Å². The first-order valence-corrected chi connectivity index (χ1v) is 5.45. The first kappa shape index (κ1) is 14.2. The van der Waals surface area contributed by atoms with Gasteiger partial charge in [-0.15, -0.1) is 6.58 Å². The molecule has 88 valence electrons. The van der Waals surface area contributed by atoms with Crippen LogP contribution in [0.15, 0.2) is 12.7 Å². The monoisotopic (exact) mass is 213 g/mol. The van der Waals surface area contributed by atoms with Gasteiger partial charge in [-0.05, 0) is 33.6 Å². The molecule has 0 rings (SSSR count). The third-order valence-corrected chi connectivity index (χ3v) is 2.22. The lowest BCUT2D eigenvalue weighted by Gasteiger charge is -2.35. The summed E-state index contributed by atoms with van der Waals surface area (Å²) in [5, 5.41) is 8.64. The van der Waals surface area contributed by atoms with Gasteiger partial charge < -0.3 is 10.0 Å². The maximum Gasteiger partial charge on any atom is 0.223 e. The average Bonchev–Trinajstić information content (AvgIpc) is 2.12. The molecule has 0 bridgehead atoms. The van der Waals surface area contributed by atoms with Gasteiger partial charge in [-0.3, -0.25) is 4.79 Å². The van der Waals surface area contributed by atoms with E-state index in [1.807, 2.05) is 25.7 Å². The Kier molecular flexibility index (Phi) is 6.25. The van der Waals surface area contributed by atoms with Crippen LogP contribution in [0.2, 0.25) is 0 Å². The Morgan fingerprint density at radius 2 is 2.00 bits per heavy atom. The zero-order chi connectivity index (χ0) is 11.9. The number of carbonyl (C=O) groups is 1. The highest BCUT2D eigenvalue weighted by Gasteiger charge is 2.24. The summed E-state index contributed by atoms with van der Waals surface area (Å²) in [5.74, 6) is 0.135. The molecule has 0 fully saturated rings. The molecule has 3 heteroatoms. The second kappa shape index (κ2) is 6.62. The summed E-state index contributed by atoms with van der Waals surface area (Å²) in [5.41, 5.74) is -0.162. The van der Waals surface area contributed by atoms with Gasteiger partial charge in [0.25, 0.3) is 0 Å². The topological polar surface area (TPSA) is 40.5 Å². The second-order valence-corrected chi connectivity index (χ2v) is 4.64. The van der Waals surface area contributed by atoms with Crippen LogP contribution in [0, 0.1) is 0 Å². The van der Waals surface area contributed by atoms with E-state index in [1.54, 1.807) is 6.08 Å². The molecule has 1 amide bonds. The van der Waals surface area contributed by atoms with Gasteiger partial charge in [0.2, 0.25) is 5.91 Å². The first-order chi connectivity index (χ1) is 6.93. The van der Waals surface area contributed by atoms with Crippen molar-refractivity contribution in [1.82, 2.24) is 4.90 Å². The number of rotatable bonds is 6. The van der Waals surface area contributed by atoms with Crippen molar-refractivity contribution < 1.29 is 9.90 Å². The van der Waals surface area contributed by atoms with Crippen LogP contribution in [0.1, 0.15) is 40.0 Å². The molecule has 0 aromatic carbocycles. The molecule has 15 heavy (non-hydrogen) atoms. The molecule has 0 heterocycles. The van der Waals surface area contributed by atoms with Gasteiger partial charge in [0.15, 0.2) is 0 Å². The number of nitrogens with zero attached hydrogens (tertiary/aromatic N) is 1. The van der Waals surface area contributed by atoms with Crippen molar-refractivity contribution in [3.05, 3.63) is 12.7 Å². The Morgan fingerprint density at radius 1 is 1.40 bits per heavy atom. The average molecular weight is 213 g/mol. The number of carbonyl (C=O) groups excluding carboxylic acids is 1. The maximum atomic E-state index is 11.9. The molecule has 0 aliphatic carbocycles. The van der Waals surface area contributed by atoms with E-state index in [9.17, 15) is 4.79 Å². The van der Waals surface area contributed by atoms with E-state index >= 15 is 0 Å². The predicted octanol–water partition coefficient (Wildman–Crippen LogP) is 1.96. The smallest absolute Gasteiger partial charge is 0.223 e. The highest BCUT2D eigenvalue weighted by molar-refractivity contribution is 5.77. The van der Waals surface area contributed by atoms with Crippen molar-refractivity contribution in [3.63, 3.8) is 0 Å². The van der Waals surface area contributed by atoms with E-state index in [1.165, 1.54) is 0 Å². The fraction of sp³-hybridized carbons (Fsp3) is 0.750. The quantitative estimate of drug-likeness (QED) is 0.541. The van der Waals surface area contributed by atoms with Crippen molar-refractivity contribution in [2.24, 2.45) is 0 Å². The van der Waals surface area contributed by atoms with Crippen LogP contribution >= 0.6 is 0 Å². The van der Waals surface area contributed by atoms with Crippen molar-refractivity contribution in [3.8, 4) is 0 Å². The molecule has 0 saturated carbocycles. The number of aliphatic hydroxyl groups excluding tert-OH is 1. The van der Waals surface area contributed by atoms with Crippen molar-refractivity contribution >= 4 is 5.91 Å². The molecule has 0 aromatic heterocycles. The van der Waals surface area contributed by atoms with Gasteiger partial charge in [0.1, 0.15) is 0 Å². The van der Waals surface area contributed by atoms with E-state index in [4.69, 9.17) is 5.11 Å². The maximum absolute atomic E-state index is 11.9. The molecule has 0 saturated heterocycles. The minimum Gasteiger partial charge on any atom is -0.396 e. The summed E-state index contributed by atoms with van der Waals surface area (Å²) in [4.78, 5) is 13.7. The molecule has 0 aliphatic heterocycles. The number of hydrogen-bond acceptors (Lipinski definition) is 2. The SMILES string of the molecule is C=CCN(C(=O)CCCCO)C(C)(C)C. The van der Waals surface area contributed by atoms with E-state index in [-0.39, 0.29) is 18.1 Å². The molecular weight excluding hydrogens is 190 g/mol. The molecule has 0 spiro atoms. The van der Waals surface area contributed by atoms with E-state index in [0.717, 1.165) is 6.42 Å². The van der Waals surface area contributed by atoms with Gasteiger partial charge >= 0.3 is 0 Å². The number of unbranched alkanes of at least 4 members (excludes halogenated alkanes) is 1. The highest BCUT2D eigenvalue weighted by atomic mass is 16.3. The lowest BCUT2D eigenvalue weighted by Crippen LogP contribution is -2.45. The van der Waals surface area contributed by atoms with Crippen LogP contribution in [0.3, 0.4) is 0 Å². The lowest BCUT2D eigenvalue weighted by atomic mass is 10.0. The summed E-state index contributed by atoms with van der Waals surface area (Å²) in [6.07, 6.45) is 3.69. The van der Waals surface area contributed by atoms with Gasteiger partial charge in [-0.25, -0.2) is 0 Å². The zero-order valence-electron chi connectivity index (χ0n) is 10.1. The van der Waals surface area contributed by atoms with Crippen molar-refractivity contribution in [1.29, 1.82) is 0 Å². The van der Waals surface area contributed by atoms with Gasteiger partial charge in [0.05, 0.1) is 0 Å². The summed E-state index contributed by atoms with van der Waals surface area (Å²) in [7, 11) is 0. The molecular formula is C12H23NO2. The minimum atomic E-state index is -0.162. The lowest BCUT2D eigenvalue weighted by molar-refractivity contribution is -0.135. The fourth-order valence-electron chi connectivity index (χ4n) is 1.40. The normalized spacial score (nSPS) is 11.2. The summed E-state index contributed by atoms with van der Waals surface area (Å²) < 4.78 is 0. The van der Waals surface area contributed by atoms with E-state index < -0.39 is 0 Å². The molecule has 3 nitrogen and oxygen atoms in total. The second-order valence-electron chi connectivity index (χ2n) is 4.64. The number of aliphatic hydroxyl groups is 1. The fourth-order valence-corrected chi connectivity index (χ4v) is 1.40. The Balaban J connectivity index is 4.23. The Morgan fingerprint density at radius 3 is 2.40 bits per heavy atom. The zero-order valence-corrected chi connectivity index (χ0v) is 10.1. The van der Waals surface area contributed by atoms with Crippen molar-refractivity contribution in [2.45, 2.75) is 45.6 Å². The predicted molar refractivity (Wildman–Crippen MR) is 62.6 cm³/mol. The van der Waals surface area contributed by atoms with Gasteiger partial charge in [-0.2, -0.15) is 0 Å². The largest absolute Gasteiger partial charge is 0.396 e. The third kappa shape index (κ3) is 5.57. The third-order valence-electron chi connectivity index (χ3n) is 2.22. The number of amides is 1. The Labute approximate surface area is 92.8 Å². The van der Waals surface area contributed by atoms with E-state index in [0.29, 0.717) is 19.4 Å². The molecule has 1 N–H and O–H groups in total. The summed E-state index contributed by atoms with van der Waals surface area (Å²) >= 11 is 0. The minimum absolute atomic E-state index is 0.135. The van der Waals surface area contributed by atoms with Crippen LogP contribution < -0.4 is 0 Å². The van der Waals surface area contributed by atoms with Crippen LogP contribution in [0.25, 0.3) is 0 Å². The van der Waals surface area contributed by atoms with Crippen molar-refractivity contribution in [2.75, 3.05) is 13.2 Å². The highest BCUT2D eigenvalue weighted by Crippen LogP contribution is 2.15. The summed E-state index contributed by atoms with van der Waals surface area (Å²) in [6, 6.07) is 0. The molecule has 0 aromatic rings. The Bertz CT molecular complexity index is 206. The molecule has 0 atom stereocenters. The molecule has 0 unspecified atom stereocenters. The first-order valence-electron chi connectivity index (χ1n) is 5.45. The Hall–Kier alpha value is -0.830. The standard InChI is InChI=1S/C12H23NO2/c1-5-9-13(12(2,3)4)11(15)8-6-7-10-14/h5,14H,1,6-10H2,2-4H3. The van der Waals surface area contributed by atoms with Crippen LogP contribution in [0.4, 0.5) is 0 Å². The van der Waals surface area contributed by atoms with Crippen LogP contribution in [-0.4, -0.2) is 34.6 Å². The molecule has 0 radical (unpaired) electrons. The van der Waals surface area contributed by atoms with Gasteiger partial charge in [0, 0.05) is 25.1 Å². The number of hydrogen-bond donors (Lipinski definition) is 1. The summed E-state index contributed by atoms with van der Waals surface area (Å²) in [6.45, 7) is 10.4. The van der Waals surface area contributed by atoms with E-state index in [2.05, 4.69) is 6.58 Å².